The second kappa shape index (κ2) is 12.7. The Morgan fingerprint density at radius 1 is 1.16 bits per heavy atom. The number of methoxy groups -OCH3 is 1. The summed E-state index contributed by atoms with van der Waals surface area (Å²) in [5.41, 5.74) is 11.7. The highest BCUT2D eigenvalue weighted by molar-refractivity contribution is 7.88. The van der Waals surface area contributed by atoms with E-state index in [9.17, 15) is 13.0 Å². The molecule has 0 saturated heterocycles. The van der Waals surface area contributed by atoms with E-state index in [0.29, 0.717) is 35.2 Å². The quantitative estimate of drug-likeness (QED) is 0.167. The Hall–Kier alpha value is -3.74. The molecule has 4 heterocycles. The van der Waals surface area contributed by atoms with E-state index >= 15 is 0 Å². The van der Waals surface area contributed by atoms with Crippen LogP contribution in [0.1, 0.15) is 59.8 Å². The van der Waals surface area contributed by atoms with Crippen molar-refractivity contribution in [3.8, 4) is 16.9 Å². The topological polar surface area (TPSA) is 146 Å². The minimum atomic E-state index is -4.34. The van der Waals surface area contributed by atoms with Gasteiger partial charge in [-0.15, -0.1) is 11.3 Å². The molecule has 0 spiro atoms. The molecule has 6 rings (SSSR count). The van der Waals surface area contributed by atoms with Crippen molar-refractivity contribution < 1.29 is 22.2 Å². The maximum absolute atomic E-state index is 11.9. The molecule has 0 atom stereocenters. The van der Waals surface area contributed by atoms with Gasteiger partial charge in [-0.1, -0.05) is 31.1 Å². The van der Waals surface area contributed by atoms with Crippen molar-refractivity contribution in [2.75, 3.05) is 12.8 Å². The van der Waals surface area contributed by atoms with Crippen LogP contribution in [0.5, 0.6) is 5.75 Å². The van der Waals surface area contributed by atoms with Gasteiger partial charge in [0.25, 0.3) is 0 Å². The first kappa shape index (κ1) is 31.7. The van der Waals surface area contributed by atoms with Gasteiger partial charge in [-0.25, -0.2) is 0 Å². The molecule has 1 saturated carbocycles. The van der Waals surface area contributed by atoms with Crippen LogP contribution in [0.15, 0.2) is 45.3 Å². The third kappa shape index (κ3) is 7.14. The Morgan fingerprint density at radius 2 is 1.91 bits per heavy atom. The molecule has 12 heteroatoms. The molecule has 1 fully saturated rings. The summed E-state index contributed by atoms with van der Waals surface area (Å²) >= 11 is 1.05. The van der Waals surface area contributed by atoms with Crippen LogP contribution >= 0.6 is 11.3 Å². The lowest BCUT2D eigenvalue weighted by Gasteiger charge is -2.13. The molecule has 5 aromatic rings. The molecule has 1 aliphatic carbocycles. The molecular weight excluding hydrogens is 599 g/mol. The lowest BCUT2D eigenvalue weighted by atomic mass is 10.0. The molecule has 0 unspecified atom stereocenters. The van der Waals surface area contributed by atoms with Gasteiger partial charge < -0.3 is 15.0 Å². The molecule has 0 aliphatic heterocycles. The number of aryl methyl sites for hydroxylation is 2. The zero-order valence-corrected chi connectivity index (χ0v) is 27.6. The van der Waals surface area contributed by atoms with Crippen molar-refractivity contribution in [2.45, 2.75) is 71.1 Å². The van der Waals surface area contributed by atoms with Crippen LogP contribution in [0.25, 0.3) is 22.0 Å². The number of rotatable bonds is 9. The number of anilines is 1. The lowest BCUT2D eigenvalue weighted by Crippen LogP contribution is -2.06. The number of hydrogen-bond acceptors (Lipinski definition) is 9. The number of hydrogen-bond donors (Lipinski definition) is 2. The summed E-state index contributed by atoms with van der Waals surface area (Å²) in [6.07, 6.45) is 6.42. The zero-order chi connectivity index (χ0) is 31.8. The summed E-state index contributed by atoms with van der Waals surface area (Å²) < 4.78 is 45.9. The average molecular weight is 638 g/mol. The third-order valence-electron chi connectivity index (χ3n) is 7.71. The first-order valence-electron chi connectivity index (χ1n) is 14.6. The minimum absolute atomic E-state index is 0.0718. The maximum Gasteiger partial charge on any atom is 0.304 e. The molecule has 3 N–H and O–H groups in total. The van der Waals surface area contributed by atoms with Crippen LogP contribution in [0, 0.1) is 32.6 Å². The Morgan fingerprint density at radius 3 is 2.48 bits per heavy atom. The number of pyridine rings is 1. The van der Waals surface area contributed by atoms with Crippen molar-refractivity contribution in [3.63, 3.8) is 0 Å². The second-order valence-corrected chi connectivity index (χ2v) is 14.7. The summed E-state index contributed by atoms with van der Waals surface area (Å²) in [6, 6.07) is 9.63. The van der Waals surface area contributed by atoms with Crippen LogP contribution in [-0.4, -0.2) is 40.0 Å². The maximum atomic E-state index is 11.9. The largest absolute Gasteiger partial charge is 0.496 e. The summed E-state index contributed by atoms with van der Waals surface area (Å²) in [5, 5.41) is 9.34. The number of benzene rings is 1. The summed E-state index contributed by atoms with van der Waals surface area (Å²) in [6.45, 7) is 10.5. The van der Waals surface area contributed by atoms with Gasteiger partial charge in [-0.05, 0) is 82.1 Å². The Balaban J connectivity index is 0.000000418. The molecule has 0 radical (unpaired) electrons. The minimum Gasteiger partial charge on any atom is -0.496 e. The van der Waals surface area contributed by atoms with Crippen molar-refractivity contribution in [1.82, 2.24) is 19.9 Å². The van der Waals surface area contributed by atoms with Crippen LogP contribution in [-0.2, 0) is 29.5 Å². The predicted octanol–water partition coefficient (Wildman–Crippen LogP) is 6.80. The number of nitrogens with two attached hydrogens (primary N) is 1. The summed E-state index contributed by atoms with van der Waals surface area (Å²) in [4.78, 5) is 5.79. The van der Waals surface area contributed by atoms with Gasteiger partial charge in [0.15, 0.2) is 10.0 Å². The van der Waals surface area contributed by atoms with Gasteiger partial charge in [0.05, 0.1) is 31.1 Å². The third-order valence-corrected chi connectivity index (χ3v) is 10.1. The molecule has 0 amide bonds. The van der Waals surface area contributed by atoms with Gasteiger partial charge in [-0.2, -0.15) is 13.5 Å². The van der Waals surface area contributed by atoms with Crippen LogP contribution in [0.4, 0.5) is 5.82 Å². The van der Waals surface area contributed by atoms with Crippen molar-refractivity contribution in [1.29, 1.82) is 0 Å². The van der Waals surface area contributed by atoms with E-state index in [4.69, 9.17) is 25.1 Å². The van der Waals surface area contributed by atoms with E-state index in [0.717, 1.165) is 74.2 Å². The smallest absolute Gasteiger partial charge is 0.304 e. The van der Waals surface area contributed by atoms with Crippen LogP contribution in [0.2, 0.25) is 0 Å². The summed E-state index contributed by atoms with van der Waals surface area (Å²) in [7, 11) is -2.78. The van der Waals surface area contributed by atoms with E-state index in [2.05, 4.69) is 25.1 Å². The van der Waals surface area contributed by atoms with Crippen molar-refractivity contribution >= 4 is 38.2 Å². The molecule has 10 nitrogen and oxygen atoms in total. The molecule has 1 aromatic carbocycles. The number of aromatic nitrogens is 4. The highest BCUT2D eigenvalue weighted by Gasteiger charge is 2.25. The van der Waals surface area contributed by atoms with E-state index in [-0.39, 0.29) is 4.21 Å². The van der Waals surface area contributed by atoms with E-state index in [1.807, 2.05) is 49.8 Å². The van der Waals surface area contributed by atoms with Crippen LogP contribution < -0.4 is 10.5 Å². The molecule has 0 bridgehead atoms. The fourth-order valence-electron chi connectivity index (χ4n) is 5.13. The number of ether oxygens (including phenoxy) is 1. The molecule has 4 aromatic heterocycles. The predicted molar refractivity (Wildman–Crippen MR) is 173 cm³/mol. The average Bonchev–Trinajstić information content (AvgIpc) is 3.44. The Kier molecular flexibility index (Phi) is 9.15. The first-order valence-corrected chi connectivity index (χ1v) is 16.9. The fraction of sp³-hybridized carbons (Fsp3) is 0.406. The SMILES string of the molecule is COc1cc(Cn2ncc3c(CC4CC4)nc(CC(C)C)cc32)ccc1-c1cc(C)sc1S(=O)(=O)O.Cc1onc(N)c1C. The first-order chi connectivity index (χ1) is 20.8. The monoisotopic (exact) mass is 637 g/mol. The molecule has 1 aliphatic rings. The van der Waals surface area contributed by atoms with Gasteiger partial charge in [0, 0.05) is 32.6 Å². The highest BCUT2D eigenvalue weighted by atomic mass is 32.3. The number of thiophene rings is 1. The fourth-order valence-corrected chi connectivity index (χ4v) is 7.14. The van der Waals surface area contributed by atoms with E-state index in [1.165, 1.54) is 12.8 Å². The highest BCUT2D eigenvalue weighted by Crippen LogP contribution is 2.40. The normalized spacial score (nSPS) is 13.4. The summed E-state index contributed by atoms with van der Waals surface area (Å²) in [5.74, 6) is 3.09. The van der Waals surface area contributed by atoms with Crippen molar-refractivity contribution in [3.05, 3.63) is 69.7 Å². The number of nitrogens with zero attached hydrogens (tertiary/aromatic N) is 4. The Labute approximate surface area is 262 Å². The van der Waals surface area contributed by atoms with Gasteiger partial charge in [0.2, 0.25) is 0 Å². The molecule has 234 valence electrons. The molecule has 44 heavy (non-hydrogen) atoms. The Bertz CT molecular complexity index is 1880. The van der Waals surface area contributed by atoms with Gasteiger partial charge in [-0.3, -0.25) is 14.2 Å². The molecular formula is C32H39N5O5S2. The van der Waals surface area contributed by atoms with E-state index < -0.39 is 10.1 Å². The number of fused-ring (bicyclic) bond motifs is 1. The van der Waals surface area contributed by atoms with Gasteiger partial charge in [0.1, 0.15) is 11.5 Å². The van der Waals surface area contributed by atoms with E-state index in [1.54, 1.807) is 13.2 Å². The second-order valence-electron chi connectivity index (χ2n) is 11.9. The standard InChI is InChI=1S/C27H31N3O4S2.C5H8N2O/c1-16(2)9-20-13-25-23(24(29-20)11-18-5-6-18)14-28-30(25)15-19-7-8-21(26(12-19)34-4)22-10-17(3)35-27(22)36(31,32)33;1-3-4(2)8-7-5(3)6/h7-8,10,12-14,16,18H,5-6,9,11,15H2,1-4H3,(H,31,32,33);1-2H3,(H2,6,7). The zero-order valence-electron chi connectivity index (χ0n) is 25.9. The van der Waals surface area contributed by atoms with Crippen LogP contribution in [0.3, 0.4) is 0 Å². The van der Waals surface area contributed by atoms with Gasteiger partial charge >= 0.3 is 10.1 Å². The number of nitrogen functional groups attached to an aromatic ring is 1. The van der Waals surface area contributed by atoms with Crippen molar-refractivity contribution in [2.24, 2.45) is 11.8 Å². The lowest BCUT2D eigenvalue weighted by molar-refractivity contribution is 0.399.